The third-order valence-corrected chi connectivity index (χ3v) is 5.04. The molecule has 0 aliphatic heterocycles. The molecule has 0 unspecified atom stereocenters. The summed E-state index contributed by atoms with van der Waals surface area (Å²) < 4.78 is 6.01. The largest absolute Gasteiger partial charge is 0.512 e. The summed E-state index contributed by atoms with van der Waals surface area (Å²) in [5.74, 6) is 0.768. The van der Waals surface area contributed by atoms with E-state index < -0.39 is 0 Å². The van der Waals surface area contributed by atoms with Crippen LogP contribution in [0.5, 0.6) is 0 Å². The molecule has 0 atom stereocenters. The SMILES string of the molecule is CC(=O)/C=C(/C)O.[Ir].[c-]1ccc(-c2ccccc2)cc1-c1ccc2cc(-c3ccccc3)oc2n1. The number of ketones is 1. The average Bonchev–Trinajstić information content (AvgIpc) is 3.28. The van der Waals surface area contributed by atoms with Gasteiger partial charge in [0.05, 0.1) is 5.76 Å². The Bertz CT molecular complexity index is 1440. The summed E-state index contributed by atoms with van der Waals surface area (Å²) in [6, 6.07) is 35.9. The number of fused-ring (bicyclic) bond motifs is 1. The summed E-state index contributed by atoms with van der Waals surface area (Å²) in [7, 11) is 0. The van der Waals surface area contributed by atoms with Gasteiger partial charge in [-0.05, 0) is 31.2 Å². The number of aromatic nitrogens is 1. The fourth-order valence-electron chi connectivity index (χ4n) is 3.53. The van der Waals surface area contributed by atoms with Crippen LogP contribution in [0.3, 0.4) is 0 Å². The van der Waals surface area contributed by atoms with Crippen molar-refractivity contribution in [3.05, 3.63) is 115 Å². The zero-order valence-corrected chi connectivity index (χ0v) is 21.8. The minimum Gasteiger partial charge on any atom is -0.512 e. The van der Waals surface area contributed by atoms with E-state index in [1.807, 2.05) is 66.7 Å². The van der Waals surface area contributed by atoms with Gasteiger partial charge in [-0.25, -0.2) is 0 Å². The van der Waals surface area contributed by atoms with Gasteiger partial charge in [0.2, 0.25) is 5.71 Å². The van der Waals surface area contributed by atoms with Crippen LogP contribution in [-0.2, 0) is 24.9 Å². The Hall–Kier alpha value is -3.79. The number of benzene rings is 3. The Morgan fingerprint density at radius 3 is 2.11 bits per heavy atom. The molecule has 1 radical (unpaired) electrons. The Morgan fingerprint density at radius 2 is 1.51 bits per heavy atom. The third kappa shape index (κ3) is 6.86. The van der Waals surface area contributed by atoms with Crippen LogP contribution in [-0.4, -0.2) is 15.9 Å². The molecule has 0 amide bonds. The van der Waals surface area contributed by atoms with Crippen LogP contribution < -0.4 is 0 Å². The number of nitrogens with zero attached hydrogens (tertiary/aromatic N) is 1. The summed E-state index contributed by atoms with van der Waals surface area (Å²) >= 11 is 0. The van der Waals surface area contributed by atoms with Gasteiger partial charge in [0.25, 0.3) is 0 Å². The predicted molar refractivity (Wildman–Crippen MR) is 136 cm³/mol. The fourth-order valence-corrected chi connectivity index (χ4v) is 3.53. The molecule has 0 saturated heterocycles. The molecule has 0 saturated carbocycles. The summed E-state index contributed by atoms with van der Waals surface area (Å²) in [5, 5.41) is 9.36. The molecule has 2 aromatic heterocycles. The molecular formula is C30H24IrNO3-. The Kier molecular flexibility index (Phi) is 8.91. The maximum absolute atomic E-state index is 10.0. The zero-order chi connectivity index (χ0) is 23.9. The summed E-state index contributed by atoms with van der Waals surface area (Å²) in [4.78, 5) is 14.7. The molecule has 3 aromatic carbocycles. The van der Waals surface area contributed by atoms with Crippen LogP contribution in [0.2, 0.25) is 0 Å². The number of carbonyl (C=O) groups excluding carboxylic acids is 1. The van der Waals surface area contributed by atoms with E-state index in [-0.39, 0.29) is 31.6 Å². The molecule has 5 aromatic rings. The second kappa shape index (κ2) is 12.1. The van der Waals surface area contributed by atoms with E-state index in [0.717, 1.165) is 33.5 Å². The van der Waals surface area contributed by atoms with Crippen LogP contribution in [0.1, 0.15) is 13.8 Å². The smallest absolute Gasteiger partial charge is 0.217 e. The number of hydrogen-bond donors (Lipinski definition) is 1. The number of furan rings is 1. The molecule has 0 aliphatic carbocycles. The fraction of sp³-hybridized carbons (Fsp3) is 0.0667. The number of rotatable bonds is 4. The number of allylic oxidation sites excluding steroid dienone is 2. The van der Waals surface area contributed by atoms with Gasteiger partial charge < -0.3 is 9.52 Å². The second-order valence-corrected chi connectivity index (χ2v) is 7.82. The van der Waals surface area contributed by atoms with E-state index in [1.165, 1.54) is 25.5 Å². The van der Waals surface area contributed by atoms with Crippen molar-refractivity contribution in [2.75, 3.05) is 0 Å². The van der Waals surface area contributed by atoms with Crippen LogP contribution in [0.15, 0.2) is 113 Å². The first-order valence-electron chi connectivity index (χ1n) is 10.9. The molecule has 4 nitrogen and oxygen atoms in total. The number of carbonyl (C=O) groups is 1. The summed E-state index contributed by atoms with van der Waals surface area (Å²) in [6.45, 7) is 2.85. The number of aliphatic hydroxyl groups excluding tert-OH is 1. The van der Waals surface area contributed by atoms with E-state index in [1.54, 1.807) is 0 Å². The van der Waals surface area contributed by atoms with Gasteiger partial charge in [-0.15, -0.1) is 35.4 Å². The molecule has 5 rings (SSSR count). The molecule has 0 spiro atoms. The zero-order valence-electron chi connectivity index (χ0n) is 19.4. The van der Waals surface area contributed by atoms with Crippen molar-refractivity contribution in [2.45, 2.75) is 13.8 Å². The minimum absolute atomic E-state index is 0. The Balaban J connectivity index is 0.000000378. The van der Waals surface area contributed by atoms with Crippen molar-refractivity contribution in [3.8, 4) is 33.7 Å². The standard InChI is InChI=1S/C25H16NO.C5H8O2.Ir/c1-3-8-18(9-4-1)20-12-7-13-21(16-20)23-15-14-22-17-24(27-25(22)26-23)19-10-5-2-6-11-19;1-4(6)3-5(2)7;/h1-12,14-17H;3,6H,1-2H3;/q-1;;/b;4-3-;. The van der Waals surface area contributed by atoms with Gasteiger partial charge in [0, 0.05) is 37.1 Å². The summed E-state index contributed by atoms with van der Waals surface area (Å²) in [6.07, 6.45) is 1.17. The van der Waals surface area contributed by atoms with Crippen LogP contribution in [0.25, 0.3) is 44.8 Å². The van der Waals surface area contributed by atoms with Crippen molar-refractivity contribution in [3.63, 3.8) is 0 Å². The number of hydrogen-bond acceptors (Lipinski definition) is 4. The van der Waals surface area contributed by atoms with Crippen molar-refractivity contribution in [2.24, 2.45) is 0 Å². The summed E-state index contributed by atoms with van der Waals surface area (Å²) in [5.41, 5.74) is 5.83. The molecular weight excluding hydrogens is 615 g/mol. The van der Waals surface area contributed by atoms with Gasteiger partial charge in [0.15, 0.2) is 5.78 Å². The first-order chi connectivity index (χ1) is 16.5. The molecule has 0 aliphatic rings. The van der Waals surface area contributed by atoms with E-state index in [2.05, 4.69) is 36.4 Å². The monoisotopic (exact) mass is 639 g/mol. The van der Waals surface area contributed by atoms with Crippen molar-refractivity contribution >= 4 is 16.9 Å². The quantitative estimate of drug-likeness (QED) is 0.125. The Labute approximate surface area is 218 Å². The average molecular weight is 639 g/mol. The van der Waals surface area contributed by atoms with Gasteiger partial charge in [-0.3, -0.25) is 9.78 Å². The van der Waals surface area contributed by atoms with E-state index in [4.69, 9.17) is 14.5 Å². The van der Waals surface area contributed by atoms with Crippen molar-refractivity contribution in [1.82, 2.24) is 4.98 Å². The van der Waals surface area contributed by atoms with Gasteiger partial charge in [-0.1, -0.05) is 72.8 Å². The third-order valence-electron chi connectivity index (χ3n) is 5.04. The minimum atomic E-state index is -0.125. The molecule has 2 heterocycles. The van der Waals surface area contributed by atoms with Gasteiger partial charge in [-0.2, -0.15) is 0 Å². The maximum atomic E-state index is 10.0. The normalized spacial score (nSPS) is 10.7. The van der Waals surface area contributed by atoms with Gasteiger partial charge >= 0.3 is 0 Å². The molecule has 0 fully saturated rings. The topological polar surface area (TPSA) is 63.3 Å². The molecule has 0 bridgehead atoms. The van der Waals surface area contributed by atoms with Crippen LogP contribution in [0, 0.1) is 6.07 Å². The predicted octanol–water partition coefficient (Wildman–Crippen LogP) is 7.66. The Morgan fingerprint density at radius 1 is 0.857 bits per heavy atom. The van der Waals surface area contributed by atoms with Crippen LogP contribution in [0.4, 0.5) is 0 Å². The van der Waals surface area contributed by atoms with Crippen molar-refractivity contribution in [1.29, 1.82) is 0 Å². The second-order valence-electron chi connectivity index (χ2n) is 7.82. The molecule has 5 heteroatoms. The van der Waals surface area contributed by atoms with E-state index in [9.17, 15) is 4.79 Å². The number of pyridine rings is 1. The first-order valence-corrected chi connectivity index (χ1v) is 10.9. The van der Waals surface area contributed by atoms with E-state index >= 15 is 0 Å². The van der Waals surface area contributed by atoms with Crippen LogP contribution >= 0.6 is 0 Å². The molecule has 177 valence electrons. The molecule has 1 N–H and O–H groups in total. The van der Waals surface area contributed by atoms with Gasteiger partial charge in [0.1, 0.15) is 5.76 Å². The first kappa shape index (κ1) is 25.8. The maximum Gasteiger partial charge on any atom is 0.217 e. The molecule has 35 heavy (non-hydrogen) atoms. The van der Waals surface area contributed by atoms with E-state index in [0.29, 0.717) is 5.71 Å². The van der Waals surface area contributed by atoms with Crippen molar-refractivity contribution < 1.29 is 34.4 Å². The number of aliphatic hydroxyl groups is 1.